The van der Waals surface area contributed by atoms with Gasteiger partial charge in [-0.05, 0) is 50.2 Å². The van der Waals surface area contributed by atoms with Crippen molar-refractivity contribution in [2.45, 2.75) is 64.4 Å². The molecule has 0 spiro atoms. The maximum absolute atomic E-state index is 6.15. The van der Waals surface area contributed by atoms with Crippen molar-refractivity contribution in [3.63, 3.8) is 0 Å². The Morgan fingerprint density at radius 3 is 2.69 bits per heavy atom. The number of hydrogen-bond donors (Lipinski definition) is 1. The van der Waals surface area contributed by atoms with Gasteiger partial charge in [0.15, 0.2) is 5.96 Å². The lowest BCUT2D eigenvalue weighted by Crippen LogP contribution is -2.47. The van der Waals surface area contributed by atoms with Crippen molar-refractivity contribution in [3.8, 4) is 0 Å². The molecule has 0 bridgehead atoms. The largest absolute Gasteiger partial charge is 0.379 e. The molecule has 0 saturated carbocycles. The smallest absolute Gasteiger partial charge is 0.193 e. The fraction of sp³-hybridized carbons (Fsp3) is 0.720. The zero-order valence-electron chi connectivity index (χ0n) is 19.9. The maximum Gasteiger partial charge on any atom is 0.193 e. The van der Waals surface area contributed by atoms with Gasteiger partial charge in [0, 0.05) is 39.9 Å². The van der Waals surface area contributed by atoms with Crippen LogP contribution in [0.3, 0.4) is 0 Å². The Balaban J connectivity index is 1.36. The van der Waals surface area contributed by atoms with Crippen LogP contribution in [0.2, 0.25) is 0 Å². The molecule has 2 aliphatic rings. The minimum atomic E-state index is 0.294. The molecule has 0 amide bonds. The summed E-state index contributed by atoms with van der Waals surface area (Å²) in [5.74, 6) is 0.956. The van der Waals surface area contributed by atoms with E-state index in [2.05, 4.69) is 39.5 Å². The van der Waals surface area contributed by atoms with Crippen LogP contribution in [0.4, 0.5) is 0 Å². The lowest BCUT2D eigenvalue weighted by Gasteiger charge is -2.35. The summed E-state index contributed by atoms with van der Waals surface area (Å²) in [4.78, 5) is 6.83. The van der Waals surface area contributed by atoms with Gasteiger partial charge in [-0.1, -0.05) is 24.3 Å². The molecule has 0 radical (unpaired) electrons. The average Bonchev–Trinajstić information content (AvgIpc) is 2.85. The third-order valence-electron chi connectivity index (χ3n) is 6.03. The van der Waals surface area contributed by atoms with Gasteiger partial charge in [0.2, 0.25) is 0 Å². The van der Waals surface area contributed by atoms with Crippen LogP contribution in [0.1, 0.15) is 50.2 Å². The molecule has 32 heavy (non-hydrogen) atoms. The quantitative estimate of drug-likeness (QED) is 0.319. The minimum Gasteiger partial charge on any atom is -0.379 e. The summed E-state index contributed by atoms with van der Waals surface area (Å²) in [7, 11) is 1.86. The third kappa shape index (κ3) is 8.70. The molecule has 2 heterocycles. The standard InChI is InChI=1S/C25H41N3O4/c1-3-29-15-16-30-19-22-8-6-7-21(17-22)18-27-25(26-2)28-12-10-23(11-13-28)32-20-24-9-4-5-14-31-24/h6-8,17,23-24H,3-5,9-16,18-20H2,1-2H3,(H,26,27). The van der Waals surface area contributed by atoms with Crippen LogP contribution in [0.25, 0.3) is 0 Å². The van der Waals surface area contributed by atoms with Gasteiger partial charge in [0.25, 0.3) is 0 Å². The Bertz CT molecular complexity index is 671. The lowest BCUT2D eigenvalue weighted by atomic mass is 10.1. The molecule has 1 atom stereocenters. The van der Waals surface area contributed by atoms with E-state index in [4.69, 9.17) is 18.9 Å². The summed E-state index contributed by atoms with van der Waals surface area (Å²) >= 11 is 0. The SMILES string of the molecule is CCOCCOCc1cccc(CNC(=NC)N2CCC(OCC3CCCCO3)CC2)c1. The van der Waals surface area contributed by atoms with E-state index in [9.17, 15) is 0 Å². The highest BCUT2D eigenvalue weighted by molar-refractivity contribution is 5.79. The third-order valence-corrected chi connectivity index (χ3v) is 6.03. The first-order chi connectivity index (χ1) is 15.8. The highest BCUT2D eigenvalue weighted by atomic mass is 16.5. The molecule has 1 aromatic rings. The van der Waals surface area contributed by atoms with Crippen LogP contribution in [0, 0.1) is 0 Å². The molecular weight excluding hydrogens is 406 g/mol. The van der Waals surface area contributed by atoms with Gasteiger partial charge in [-0.2, -0.15) is 0 Å². The summed E-state index contributed by atoms with van der Waals surface area (Å²) in [6.07, 6.45) is 6.27. The topological polar surface area (TPSA) is 64.6 Å². The number of rotatable bonds is 11. The molecule has 2 aliphatic heterocycles. The Kier molecular flexibility index (Phi) is 11.3. The first kappa shape index (κ1) is 25.0. The van der Waals surface area contributed by atoms with Crippen LogP contribution in [-0.2, 0) is 32.1 Å². The second-order valence-corrected chi connectivity index (χ2v) is 8.48. The summed E-state index contributed by atoms with van der Waals surface area (Å²) in [6, 6.07) is 8.51. The fourth-order valence-electron chi connectivity index (χ4n) is 4.21. The van der Waals surface area contributed by atoms with Crippen molar-refractivity contribution in [3.05, 3.63) is 35.4 Å². The Labute approximate surface area is 193 Å². The second kappa shape index (κ2) is 14.5. The van der Waals surface area contributed by atoms with Crippen molar-refractivity contribution in [2.24, 2.45) is 4.99 Å². The number of nitrogens with one attached hydrogen (secondary N) is 1. The molecule has 1 aromatic carbocycles. The summed E-state index contributed by atoms with van der Waals surface area (Å²) in [6.45, 7) is 8.89. The van der Waals surface area contributed by atoms with E-state index in [1.165, 1.54) is 24.0 Å². The van der Waals surface area contributed by atoms with Gasteiger partial charge in [-0.25, -0.2) is 0 Å². The highest BCUT2D eigenvalue weighted by Crippen LogP contribution is 2.18. The minimum absolute atomic E-state index is 0.294. The summed E-state index contributed by atoms with van der Waals surface area (Å²) in [5, 5.41) is 3.52. The van der Waals surface area contributed by atoms with Gasteiger partial charge in [0.05, 0.1) is 38.6 Å². The number of aliphatic imine (C=N–C) groups is 1. The fourth-order valence-corrected chi connectivity index (χ4v) is 4.21. The highest BCUT2D eigenvalue weighted by Gasteiger charge is 2.23. The van der Waals surface area contributed by atoms with Gasteiger partial charge in [-0.15, -0.1) is 0 Å². The molecule has 1 N–H and O–H groups in total. The molecular formula is C25H41N3O4. The van der Waals surface area contributed by atoms with E-state index in [1.807, 2.05) is 14.0 Å². The van der Waals surface area contributed by atoms with Crippen molar-refractivity contribution in [2.75, 3.05) is 53.2 Å². The van der Waals surface area contributed by atoms with E-state index in [1.54, 1.807) is 0 Å². The summed E-state index contributed by atoms with van der Waals surface area (Å²) < 4.78 is 22.9. The van der Waals surface area contributed by atoms with Crippen LogP contribution < -0.4 is 5.32 Å². The van der Waals surface area contributed by atoms with Crippen molar-refractivity contribution in [1.29, 1.82) is 0 Å². The lowest BCUT2D eigenvalue weighted by molar-refractivity contribution is -0.0721. The van der Waals surface area contributed by atoms with Crippen LogP contribution >= 0.6 is 0 Å². The Morgan fingerprint density at radius 1 is 1.12 bits per heavy atom. The molecule has 0 aromatic heterocycles. The van der Waals surface area contributed by atoms with Crippen LogP contribution in [-0.4, -0.2) is 76.2 Å². The monoisotopic (exact) mass is 447 g/mol. The van der Waals surface area contributed by atoms with Crippen molar-refractivity contribution in [1.82, 2.24) is 10.2 Å². The zero-order valence-corrected chi connectivity index (χ0v) is 19.9. The number of ether oxygens (including phenoxy) is 4. The average molecular weight is 448 g/mol. The zero-order chi connectivity index (χ0) is 22.4. The maximum atomic E-state index is 6.15. The molecule has 2 fully saturated rings. The molecule has 7 heteroatoms. The first-order valence-electron chi connectivity index (χ1n) is 12.2. The van der Waals surface area contributed by atoms with Gasteiger partial charge >= 0.3 is 0 Å². The Hall–Kier alpha value is -1.67. The van der Waals surface area contributed by atoms with Gasteiger partial charge in [-0.3, -0.25) is 4.99 Å². The number of hydrogen-bond acceptors (Lipinski definition) is 5. The van der Waals surface area contributed by atoms with E-state index in [0.29, 0.717) is 32.0 Å². The number of nitrogens with zero attached hydrogens (tertiary/aromatic N) is 2. The van der Waals surface area contributed by atoms with Crippen molar-refractivity contribution < 1.29 is 18.9 Å². The van der Waals surface area contributed by atoms with E-state index >= 15 is 0 Å². The molecule has 0 aliphatic carbocycles. The Morgan fingerprint density at radius 2 is 1.94 bits per heavy atom. The molecule has 2 saturated heterocycles. The van der Waals surface area contributed by atoms with E-state index in [-0.39, 0.29) is 0 Å². The summed E-state index contributed by atoms with van der Waals surface area (Å²) in [5.41, 5.74) is 2.40. The molecule has 180 valence electrons. The number of likely N-dealkylation sites (tertiary alicyclic amines) is 1. The normalized spacial score (nSPS) is 20.5. The molecule has 7 nitrogen and oxygen atoms in total. The number of benzene rings is 1. The van der Waals surface area contributed by atoms with Gasteiger partial charge < -0.3 is 29.2 Å². The predicted octanol–water partition coefficient (Wildman–Crippen LogP) is 3.37. The second-order valence-electron chi connectivity index (χ2n) is 8.48. The van der Waals surface area contributed by atoms with E-state index in [0.717, 1.165) is 64.7 Å². The van der Waals surface area contributed by atoms with Crippen molar-refractivity contribution >= 4 is 5.96 Å². The van der Waals surface area contributed by atoms with E-state index < -0.39 is 0 Å². The van der Waals surface area contributed by atoms with Crippen LogP contribution in [0.15, 0.2) is 29.3 Å². The first-order valence-corrected chi connectivity index (χ1v) is 12.2. The molecule has 3 rings (SSSR count). The number of guanidine groups is 1. The molecule has 1 unspecified atom stereocenters. The van der Waals surface area contributed by atoms with Gasteiger partial charge in [0.1, 0.15) is 0 Å². The predicted molar refractivity (Wildman–Crippen MR) is 127 cm³/mol. The van der Waals surface area contributed by atoms with Crippen LogP contribution in [0.5, 0.6) is 0 Å². The number of piperidine rings is 1.